The summed E-state index contributed by atoms with van der Waals surface area (Å²) < 4.78 is 2.89. The number of benzene rings is 1. The quantitative estimate of drug-likeness (QED) is 0.671. The van der Waals surface area contributed by atoms with Crippen LogP contribution in [-0.4, -0.2) is 19.7 Å². The highest BCUT2D eigenvalue weighted by Gasteiger charge is 2.10. The van der Waals surface area contributed by atoms with Crippen molar-refractivity contribution in [1.82, 2.24) is 19.7 Å². The van der Waals surface area contributed by atoms with Gasteiger partial charge in [0.25, 0.3) is 0 Å². The topological polar surface area (TPSA) is 43.6 Å². The molecule has 0 fully saturated rings. The molecule has 0 bridgehead atoms. The van der Waals surface area contributed by atoms with E-state index in [0.29, 0.717) is 17.5 Å². The molecule has 2 aromatic heterocycles. The third-order valence-electron chi connectivity index (χ3n) is 2.81. The van der Waals surface area contributed by atoms with Crippen LogP contribution in [0.3, 0.4) is 0 Å². The number of aryl methyl sites for hydroxylation is 1. The van der Waals surface area contributed by atoms with E-state index >= 15 is 0 Å². The number of fused-ring (bicyclic) bond motifs is 1. The Morgan fingerprint density at radius 1 is 1.21 bits per heavy atom. The lowest BCUT2D eigenvalue weighted by atomic mass is 10.2. The summed E-state index contributed by atoms with van der Waals surface area (Å²) in [6.45, 7) is 2.48. The van der Waals surface area contributed by atoms with Gasteiger partial charge in [0.1, 0.15) is 11.0 Å². The van der Waals surface area contributed by atoms with Crippen LogP contribution in [0.25, 0.3) is 11.0 Å². The molecule has 0 atom stereocenters. The number of nitrogens with zero attached hydrogens (tertiary/aromatic N) is 4. The van der Waals surface area contributed by atoms with Crippen molar-refractivity contribution in [2.75, 3.05) is 0 Å². The molecule has 0 unspecified atom stereocenters. The molecule has 0 N–H and O–H groups in total. The predicted molar refractivity (Wildman–Crippen MR) is 78.3 cm³/mol. The van der Waals surface area contributed by atoms with Gasteiger partial charge < -0.3 is 0 Å². The summed E-state index contributed by atoms with van der Waals surface area (Å²) in [6.07, 6.45) is 1.70. The minimum atomic E-state index is 0.449. The van der Waals surface area contributed by atoms with Gasteiger partial charge >= 0.3 is 0 Å². The first-order valence-corrected chi connectivity index (χ1v) is 6.90. The summed E-state index contributed by atoms with van der Waals surface area (Å²) in [7, 11) is 0. The second-order valence-electron chi connectivity index (χ2n) is 4.23. The number of halogens is 2. The molecule has 3 aromatic rings. The van der Waals surface area contributed by atoms with Crippen molar-refractivity contribution in [3.05, 3.63) is 51.5 Å². The van der Waals surface area contributed by atoms with Gasteiger partial charge in [-0.3, -0.25) is 0 Å². The molecule has 3 rings (SSSR count). The van der Waals surface area contributed by atoms with Gasteiger partial charge in [0.2, 0.25) is 0 Å². The van der Waals surface area contributed by atoms with E-state index in [1.165, 1.54) is 0 Å². The Balaban J connectivity index is 2.03. The van der Waals surface area contributed by atoms with Crippen LogP contribution in [0.5, 0.6) is 0 Å². The fraction of sp³-hybridized carbons (Fsp3) is 0.154. The lowest BCUT2D eigenvalue weighted by Gasteiger charge is -2.04. The monoisotopic (exact) mass is 336 g/mol. The third kappa shape index (κ3) is 2.48. The van der Waals surface area contributed by atoms with Crippen LogP contribution in [0.15, 0.2) is 34.9 Å². The van der Waals surface area contributed by atoms with Crippen molar-refractivity contribution in [1.29, 1.82) is 0 Å². The largest absolute Gasteiger partial charge is 0.243 e. The van der Waals surface area contributed by atoms with Crippen LogP contribution in [0.1, 0.15) is 11.4 Å². The Morgan fingerprint density at radius 3 is 2.68 bits per heavy atom. The van der Waals surface area contributed by atoms with Crippen LogP contribution < -0.4 is 0 Å². The van der Waals surface area contributed by atoms with E-state index < -0.39 is 0 Å². The van der Waals surface area contributed by atoms with E-state index in [0.717, 1.165) is 21.1 Å². The van der Waals surface area contributed by atoms with Gasteiger partial charge in [0.05, 0.1) is 18.1 Å². The van der Waals surface area contributed by atoms with Gasteiger partial charge in [0, 0.05) is 4.47 Å². The Hall–Kier alpha value is -1.46. The zero-order valence-corrected chi connectivity index (χ0v) is 12.5. The third-order valence-corrected chi connectivity index (χ3v) is 3.62. The highest BCUT2D eigenvalue weighted by Crippen LogP contribution is 2.20. The van der Waals surface area contributed by atoms with Gasteiger partial charge in [-0.05, 0) is 24.6 Å². The van der Waals surface area contributed by atoms with Crippen LogP contribution in [0, 0.1) is 6.92 Å². The summed E-state index contributed by atoms with van der Waals surface area (Å²) in [5.74, 6) is 0.648. The molecule has 96 valence electrons. The maximum atomic E-state index is 6.09. The number of hydrogen-bond acceptors (Lipinski definition) is 3. The van der Waals surface area contributed by atoms with Crippen molar-refractivity contribution in [2.24, 2.45) is 0 Å². The summed E-state index contributed by atoms with van der Waals surface area (Å²) in [4.78, 5) is 8.53. The van der Waals surface area contributed by atoms with Crippen LogP contribution in [0.4, 0.5) is 0 Å². The fourth-order valence-electron chi connectivity index (χ4n) is 1.90. The van der Waals surface area contributed by atoms with E-state index in [1.54, 1.807) is 6.20 Å². The molecule has 0 amide bonds. The molecular formula is C13H10BrClN4. The van der Waals surface area contributed by atoms with E-state index in [-0.39, 0.29) is 0 Å². The zero-order chi connectivity index (χ0) is 13.4. The minimum absolute atomic E-state index is 0.449. The maximum Gasteiger partial charge on any atom is 0.163 e. The molecule has 0 spiro atoms. The molecule has 0 saturated heterocycles. The molecule has 6 heteroatoms. The molecule has 1 aromatic carbocycles. The smallest absolute Gasteiger partial charge is 0.163 e. The lowest BCUT2D eigenvalue weighted by molar-refractivity contribution is 0.702. The van der Waals surface area contributed by atoms with Gasteiger partial charge in [-0.15, -0.1) is 0 Å². The van der Waals surface area contributed by atoms with Gasteiger partial charge in [0.15, 0.2) is 5.65 Å². The fourth-order valence-corrected chi connectivity index (χ4v) is 2.42. The Kier molecular flexibility index (Phi) is 3.24. The zero-order valence-electron chi connectivity index (χ0n) is 10.1. The number of aromatic nitrogens is 4. The summed E-state index contributed by atoms with van der Waals surface area (Å²) in [5, 5.41) is 5.56. The van der Waals surface area contributed by atoms with Gasteiger partial charge in [-0.1, -0.05) is 39.7 Å². The maximum absolute atomic E-state index is 6.09. The van der Waals surface area contributed by atoms with Crippen molar-refractivity contribution < 1.29 is 0 Å². The molecule has 0 aliphatic heterocycles. The van der Waals surface area contributed by atoms with Crippen LogP contribution >= 0.6 is 27.5 Å². The molecule has 2 heterocycles. The molecular weight excluding hydrogens is 328 g/mol. The summed E-state index contributed by atoms with van der Waals surface area (Å²) >= 11 is 9.51. The molecule has 0 aliphatic carbocycles. The second-order valence-corrected chi connectivity index (χ2v) is 5.50. The van der Waals surface area contributed by atoms with Crippen LogP contribution in [0.2, 0.25) is 5.15 Å². The van der Waals surface area contributed by atoms with Crippen molar-refractivity contribution >= 4 is 38.6 Å². The predicted octanol–water partition coefficient (Wildman–Crippen LogP) is 3.60. The van der Waals surface area contributed by atoms with E-state index in [2.05, 4.69) is 31.0 Å². The van der Waals surface area contributed by atoms with E-state index in [9.17, 15) is 0 Å². The second kappa shape index (κ2) is 4.90. The molecule has 0 aliphatic rings. The first-order chi connectivity index (χ1) is 9.13. The summed E-state index contributed by atoms with van der Waals surface area (Å²) in [6, 6.07) is 8.11. The average molecular weight is 338 g/mol. The highest BCUT2D eigenvalue weighted by molar-refractivity contribution is 9.10. The van der Waals surface area contributed by atoms with Gasteiger partial charge in [-0.2, -0.15) is 5.10 Å². The highest BCUT2D eigenvalue weighted by atomic mass is 79.9. The standard InChI is InChI=1S/C13H10BrClN4/c1-8-17-12(15)11-6-16-19(13(11)18-8)7-9-2-4-10(14)5-3-9/h2-6H,7H2,1H3. The molecule has 19 heavy (non-hydrogen) atoms. The van der Waals surface area contributed by atoms with Gasteiger partial charge in [-0.25, -0.2) is 14.6 Å². The average Bonchev–Trinajstić information content (AvgIpc) is 2.76. The lowest BCUT2D eigenvalue weighted by Crippen LogP contribution is -2.03. The molecule has 4 nitrogen and oxygen atoms in total. The SMILES string of the molecule is Cc1nc(Cl)c2cnn(Cc3ccc(Br)cc3)c2n1. The Labute approximate surface area is 123 Å². The van der Waals surface area contributed by atoms with Crippen LogP contribution in [-0.2, 0) is 6.54 Å². The minimum Gasteiger partial charge on any atom is -0.243 e. The molecule has 0 radical (unpaired) electrons. The first-order valence-electron chi connectivity index (χ1n) is 5.73. The normalized spacial score (nSPS) is 11.1. The first kappa shape index (κ1) is 12.6. The van der Waals surface area contributed by atoms with Crippen molar-refractivity contribution in [2.45, 2.75) is 13.5 Å². The Morgan fingerprint density at radius 2 is 1.95 bits per heavy atom. The van der Waals surface area contributed by atoms with E-state index in [4.69, 9.17) is 11.6 Å². The van der Waals surface area contributed by atoms with Crippen molar-refractivity contribution in [3.8, 4) is 0 Å². The Bertz CT molecular complexity index is 736. The number of rotatable bonds is 2. The summed E-state index contributed by atoms with van der Waals surface area (Å²) in [5.41, 5.74) is 1.92. The number of hydrogen-bond donors (Lipinski definition) is 0. The molecule has 0 saturated carbocycles. The van der Waals surface area contributed by atoms with E-state index in [1.807, 2.05) is 35.9 Å². The van der Waals surface area contributed by atoms with Crippen molar-refractivity contribution in [3.63, 3.8) is 0 Å².